The molecule has 3 atom stereocenters. The minimum atomic E-state index is -3.59. The van der Waals surface area contributed by atoms with Gasteiger partial charge in [-0.2, -0.15) is 0 Å². The summed E-state index contributed by atoms with van der Waals surface area (Å²) in [5, 5.41) is 8.50. The molecule has 2 aliphatic rings. The summed E-state index contributed by atoms with van der Waals surface area (Å²) in [6.07, 6.45) is 6.92. The van der Waals surface area contributed by atoms with Gasteiger partial charge in [-0.15, -0.1) is 0 Å². The van der Waals surface area contributed by atoms with Gasteiger partial charge in [0.25, 0.3) is 0 Å². The zero-order chi connectivity index (χ0) is 12.8. The summed E-state index contributed by atoms with van der Waals surface area (Å²) in [5.41, 5.74) is 0.950. The number of sulfonamides is 1. The normalized spacial score (nSPS) is 29.7. The van der Waals surface area contributed by atoms with Crippen molar-refractivity contribution in [3.05, 3.63) is 36.4 Å². The third-order valence-electron chi connectivity index (χ3n) is 3.90. The van der Waals surface area contributed by atoms with Crippen molar-refractivity contribution in [1.82, 2.24) is 0 Å². The van der Waals surface area contributed by atoms with Crippen LogP contribution in [0.15, 0.2) is 41.3 Å². The highest BCUT2D eigenvalue weighted by molar-refractivity contribution is 7.89. The van der Waals surface area contributed by atoms with Crippen molar-refractivity contribution in [2.24, 2.45) is 17.0 Å². The number of benzene rings is 1. The van der Waals surface area contributed by atoms with Gasteiger partial charge in [-0.25, -0.2) is 13.6 Å². The molecule has 3 unspecified atom stereocenters. The first-order chi connectivity index (χ1) is 8.54. The van der Waals surface area contributed by atoms with Crippen LogP contribution in [0.5, 0.6) is 0 Å². The Morgan fingerprint density at radius 3 is 2.56 bits per heavy atom. The fraction of sp³-hybridized carbons (Fsp3) is 0.385. The number of anilines is 1. The summed E-state index contributed by atoms with van der Waals surface area (Å²) in [7, 11) is -3.59. The van der Waals surface area contributed by atoms with Crippen LogP contribution in [0.3, 0.4) is 0 Å². The Morgan fingerprint density at radius 2 is 1.94 bits per heavy atom. The molecule has 0 saturated heterocycles. The highest BCUT2D eigenvalue weighted by Crippen LogP contribution is 2.44. The van der Waals surface area contributed by atoms with Crippen LogP contribution in [0.2, 0.25) is 0 Å². The zero-order valence-electron chi connectivity index (χ0n) is 9.91. The van der Waals surface area contributed by atoms with E-state index in [0.717, 1.165) is 11.6 Å². The van der Waals surface area contributed by atoms with Gasteiger partial charge < -0.3 is 5.32 Å². The molecule has 0 amide bonds. The maximum Gasteiger partial charge on any atom is 0.238 e. The van der Waals surface area contributed by atoms with E-state index in [1.165, 1.54) is 25.0 Å². The number of primary sulfonamides is 1. The summed E-state index contributed by atoms with van der Waals surface area (Å²) >= 11 is 0. The lowest BCUT2D eigenvalue weighted by molar-refractivity contribution is 0.218. The molecular formula is C13H16N2O2S. The fourth-order valence-electron chi connectivity index (χ4n) is 2.84. The van der Waals surface area contributed by atoms with Crippen molar-refractivity contribution < 1.29 is 8.42 Å². The highest BCUT2D eigenvalue weighted by Gasteiger charge is 2.40. The van der Waals surface area contributed by atoms with Gasteiger partial charge in [0.05, 0.1) is 4.90 Å². The van der Waals surface area contributed by atoms with Gasteiger partial charge >= 0.3 is 0 Å². The number of hydrogen-bond donors (Lipinski definition) is 2. The predicted octanol–water partition coefficient (Wildman–Crippen LogP) is 1.71. The molecular weight excluding hydrogens is 248 g/mol. The number of rotatable bonds is 3. The second-order valence-corrected chi connectivity index (χ2v) is 6.62. The Balaban J connectivity index is 1.69. The Bertz CT molecular complexity index is 578. The maximum absolute atomic E-state index is 11.1. The van der Waals surface area contributed by atoms with Gasteiger partial charge in [0.15, 0.2) is 0 Å². The molecule has 0 bridgehead atoms. The van der Waals surface area contributed by atoms with E-state index in [2.05, 4.69) is 17.5 Å². The topological polar surface area (TPSA) is 72.2 Å². The van der Waals surface area contributed by atoms with Gasteiger partial charge in [0, 0.05) is 17.6 Å². The van der Waals surface area contributed by atoms with E-state index in [9.17, 15) is 8.42 Å². The van der Waals surface area contributed by atoms with Crippen LogP contribution in [-0.2, 0) is 10.0 Å². The molecule has 3 N–H and O–H groups in total. The number of nitrogens with one attached hydrogen (secondary N) is 1. The van der Waals surface area contributed by atoms with E-state index in [1.54, 1.807) is 12.1 Å². The van der Waals surface area contributed by atoms with Crippen molar-refractivity contribution in [2.45, 2.75) is 23.8 Å². The SMILES string of the molecule is NS(=O)(=O)c1ccc(NC2CC3CC=CC32)cc1. The van der Waals surface area contributed by atoms with E-state index in [-0.39, 0.29) is 4.90 Å². The zero-order valence-corrected chi connectivity index (χ0v) is 10.7. The monoisotopic (exact) mass is 264 g/mol. The molecule has 1 saturated carbocycles. The van der Waals surface area contributed by atoms with Crippen molar-refractivity contribution in [1.29, 1.82) is 0 Å². The number of nitrogens with two attached hydrogens (primary N) is 1. The van der Waals surface area contributed by atoms with Gasteiger partial charge in [0.1, 0.15) is 0 Å². The van der Waals surface area contributed by atoms with E-state index >= 15 is 0 Å². The smallest absolute Gasteiger partial charge is 0.238 e. The van der Waals surface area contributed by atoms with Gasteiger partial charge in [0.2, 0.25) is 10.0 Å². The molecule has 1 aromatic rings. The van der Waals surface area contributed by atoms with Crippen molar-refractivity contribution in [3.8, 4) is 0 Å². The van der Waals surface area contributed by atoms with Gasteiger partial charge in [-0.05, 0) is 43.0 Å². The molecule has 0 spiro atoms. The number of hydrogen-bond acceptors (Lipinski definition) is 3. The summed E-state index contributed by atoms with van der Waals surface area (Å²) in [5.74, 6) is 1.45. The molecule has 0 heterocycles. The molecule has 18 heavy (non-hydrogen) atoms. The Hall–Kier alpha value is -1.33. The van der Waals surface area contributed by atoms with E-state index in [1.807, 2.05) is 0 Å². The van der Waals surface area contributed by atoms with Crippen LogP contribution in [0.25, 0.3) is 0 Å². The van der Waals surface area contributed by atoms with Crippen LogP contribution in [0.4, 0.5) is 5.69 Å². The molecule has 5 heteroatoms. The highest BCUT2D eigenvalue weighted by atomic mass is 32.2. The predicted molar refractivity (Wildman–Crippen MR) is 70.6 cm³/mol. The third-order valence-corrected chi connectivity index (χ3v) is 4.83. The standard InChI is InChI=1S/C13H16N2O2S/c14-18(16,17)11-6-4-10(5-7-11)15-13-8-9-2-1-3-12(9)13/h1,3-7,9,12-13,15H,2,8H2,(H2,14,16,17). The second-order valence-electron chi connectivity index (χ2n) is 5.06. The molecule has 0 aliphatic heterocycles. The van der Waals surface area contributed by atoms with Crippen LogP contribution in [0, 0.1) is 11.8 Å². The average Bonchev–Trinajstić information content (AvgIpc) is 2.67. The first kappa shape index (κ1) is 11.7. The van der Waals surface area contributed by atoms with E-state index < -0.39 is 10.0 Å². The fourth-order valence-corrected chi connectivity index (χ4v) is 3.35. The Labute approximate surface area is 107 Å². The Morgan fingerprint density at radius 1 is 1.22 bits per heavy atom. The van der Waals surface area contributed by atoms with Crippen LogP contribution < -0.4 is 10.5 Å². The summed E-state index contributed by atoms with van der Waals surface area (Å²) in [6, 6.07) is 7.10. The van der Waals surface area contributed by atoms with Crippen molar-refractivity contribution in [3.63, 3.8) is 0 Å². The first-order valence-electron chi connectivity index (χ1n) is 6.10. The lowest BCUT2D eigenvalue weighted by Gasteiger charge is -2.41. The maximum atomic E-state index is 11.1. The first-order valence-corrected chi connectivity index (χ1v) is 7.65. The summed E-state index contributed by atoms with van der Waals surface area (Å²) in [4.78, 5) is 0.153. The quantitative estimate of drug-likeness (QED) is 0.816. The minimum absolute atomic E-state index is 0.153. The third kappa shape index (κ3) is 2.04. The van der Waals surface area contributed by atoms with Gasteiger partial charge in [-0.1, -0.05) is 12.2 Å². The van der Waals surface area contributed by atoms with Crippen LogP contribution in [-0.4, -0.2) is 14.5 Å². The molecule has 1 aromatic carbocycles. The lowest BCUT2D eigenvalue weighted by atomic mass is 9.71. The van der Waals surface area contributed by atoms with E-state index in [4.69, 9.17) is 5.14 Å². The molecule has 0 radical (unpaired) electrons. The molecule has 3 rings (SSSR count). The molecule has 4 nitrogen and oxygen atoms in total. The van der Waals surface area contributed by atoms with Crippen molar-refractivity contribution in [2.75, 3.05) is 5.32 Å². The molecule has 0 aromatic heterocycles. The second kappa shape index (κ2) is 4.10. The molecule has 2 aliphatic carbocycles. The molecule has 1 fully saturated rings. The molecule has 96 valence electrons. The Kier molecular flexibility index (Phi) is 2.68. The van der Waals surface area contributed by atoms with Crippen LogP contribution in [0.1, 0.15) is 12.8 Å². The number of allylic oxidation sites excluding steroid dienone is 1. The van der Waals surface area contributed by atoms with Gasteiger partial charge in [-0.3, -0.25) is 0 Å². The van der Waals surface area contributed by atoms with E-state index in [0.29, 0.717) is 12.0 Å². The largest absolute Gasteiger partial charge is 0.382 e. The lowest BCUT2D eigenvalue weighted by Crippen LogP contribution is -2.43. The minimum Gasteiger partial charge on any atom is -0.382 e. The average molecular weight is 264 g/mol. The summed E-state index contributed by atoms with van der Waals surface area (Å²) < 4.78 is 22.3. The summed E-state index contributed by atoms with van der Waals surface area (Å²) in [6.45, 7) is 0. The van der Waals surface area contributed by atoms with Crippen LogP contribution >= 0.6 is 0 Å². The number of fused-ring (bicyclic) bond motifs is 1. The van der Waals surface area contributed by atoms with Crippen molar-refractivity contribution >= 4 is 15.7 Å².